The summed E-state index contributed by atoms with van der Waals surface area (Å²) in [4.78, 5) is 2.36. The molecule has 0 saturated carbocycles. The topological polar surface area (TPSA) is 49.5 Å². The molecule has 0 spiro atoms. The standard InChI is InChI=1S/C5H11N.C4H11NO/c1-6-4-2-3-5-6;1-4(2,6)3-5/h2-5H2,1H3;6H,3,5H2,1-2H3. The molecule has 3 nitrogen and oxygen atoms in total. The Balaban J connectivity index is 0.000000202. The van der Waals surface area contributed by atoms with E-state index in [1.165, 1.54) is 25.9 Å². The second kappa shape index (κ2) is 5.51. The molecule has 0 aromatic carbocycles. The molecule has 1 heterocycles. The summed E-state index contributed by atoms with van der Waals surface area (Å²) in [5.74, 6) is 0. The van der Waals surface area contributed by atoms with Crippen LogP contribution < -0.4 is 5.73 Å². The fraction of sp³-hybridized carbons (Fsp3) is 1.00. The van der Waals surface area contributed by atoms with E-state index in [-0.39, 0.29) is 0 Å². The maximum atomic E-state index is 8.70. The number of hydrogen-bond acceptors (Lipinski definition) is 3. The Morgan fingerprint density at radius 1 is 1.33 bits per heavy atom. The van der Waals surface area contributed by atoms with Crippen molar-refractivity contribution in [2.75, 3.05) is 26.7 Å². The number of rotatable bonds is 1. The molecule has 3 heteroatoms. The summed E-state index contributed by atoms with van der Waals surface area (Å²) < 4.78 is 0. The molecule has 0 amide bonds. The second-order valence-corrected chi connectivity index (χ2v) is 4.03. The molecule has 12 heavy (non-hydrogen) atoms. The largest absolute Gasteiger partial charge is 0.389 e. The van der Waals surface area contributed by atoms with Crippen LogP contribution in [0, 0.1) is 0 Å². The van der Waals surface area contributed by atoms with Crippen molar-refractivity contribution in [3.05, 3.63) is 0 Å². The molecule has 1 aliphatic rings. The predicted octanol–water partition coefficient (Wildman–Crippen LogP) is 0.428. The first-order valence-electron chi connectivity index (χ1n) is 4.57. The smallest absolute Gasteiger partial charge is 0.0713 e. The van der Waals surface area contributed by atoms with Crippen molar-refractivity contribution in [1.82, 2.24) is 4.90 Å². The van der Waals surface area contributed by atoms with Gasteiger partial charge in [-0.1, -0.05) is 0 Å². The molecule has 1 rings (SSSR count). The number of aliphatic hydroxyl groups is 1. The minimum absolute atomic E-state index is 0.326. The zero-order valence-corrected chi connectivity index (χ0v) is 8.51. The lowest BCUT2D eigenvalue weighted by molar-refractivity contribution is 0.0898. The molecule has 0 aromatic heterocycles. The summed E-state index contributed by atoms with van der Waals surface area (Å²) in [7, 11) is 2.17. The third-order valence-corrected chi connectivity index (χ3v) is 1.83. The Hall–Kier alpha value is -0.120. The highest BCUT2D eigenvalue weighted by molar-refractivity contribution is 4.63. The maximum Gasteiger partial charge on any atom is 0.0713 e. The maximum absolute atomic E-state index is 8.70. The van der Waals surface area contributed by atoms with E-state index in [1.54, 1.807) is 13.8 Å². The summed E-state index contributed by atoms with van der Waals surface area (Å²) in [5.41, 5.74) is 4.38. The molecule has 0 bridgehead atoms. The first-order chi connectivity index (χ1) is 5.45. The SMILES string of the molecule is CC(C)(O)CN.CN1CCCC1. The molecule has 1 saturated heterocycles. The molecular formula is C9H22N2O. The first-order valence-corrected chi connectivity index (χ1v) is 4.57. The van der Waals surface area contributed by atoms with Crippen molar-refractivity contribution < 1.29 is 5.11 Å². The van der Waals surface area contributed by atoms with E-state index in [0.717, 1.165) is 0 Å². The van der Waals surface area contributed by atoms with Crippen LogP contribution in [0.5, 0.6) is 0 Å². The van der Waals surface area contributed by atoms with Crippen LogP contribution in [-0.2, 0) is 0 Å². The molecule has 0 radical (unpaired) electrons. The molecule has 0 unspecified atom stereocenters. The van der Waals surface area contributed by atoms with E-state index < -0.39 is 5.60 Å². The molecule has 0 atom stereocenters. The third kappa shape index (κ3) is 7.98. The van der Waals surface area contributed by atoms with E-state index in [2.05, 4.69) is 11.9 Å². The molecule has 74 valence electrons. The van der Waals surface area contributed by atoms with Crippen molar-refractivity contribution in [1.29, 1.82) is 0 Å². The Bertz CT molecular complexity index is 104. The quantitative estimate of drug-likeness (QED) is 0.606. The van der Waals surface area contributed by atoms with Crippen LogP contribution in [0.1, 0.15) is 26.7 Å². The van der Waals surface area contributed by atoms with Crippen molar-refractivity contribution in [2.45, 2.75) is 32.3 Å². The lowest BCUT2D eigenvalue weighted by Crippen LogP contribution is -2.29. The van der Waals surface area contributed by atoms with Gasteiger partial charge in [-0.05, 0) is 46.8 Å². The van der Waals surface area contributed by atoms with Crippen molar-refractivity contribution in [3.63, 3.8) is 0 Å². The van der Waals surface area contributed by atoms with Crippen molar-refractivity contribution in [3.8, 4) is 0 Å². The van der Waals surface area contributed by atoms with Crippen LogP contribution in [0.4, 0.5) is 0 Å². The van der Waals surface area contributed by atoms with E-state index in [0.29, 0.717) is 6.54 Å². The average Bonchev–Trinajstić information content (AvgIpc) is 2.39. The van der Waals surface area contributed by atoms with Crippen molar-refractivity contribution >= 4 is 0 Å². The highest BCUT2D eigenvalue weighted by Gasteiger charge is 2.06. The molecular weight excluding hydrogens is 152 g/mol. The van der Waals surface area contributed by atoms with Gasteiger partial charge in [-0.15, -0.1) is 0 Å². The van der Waals surface area contributed by atoms with Crippen LogP contribution in [0.3, 0.4) is 0 Å². The lowest BCUT2D eigenvalue weighted by Gasteiger charge is -2.11. The van der Waals surface area contributed by atoms with Crippen LogP contribution in [0.15, 0.2) is 0 Å². The summed E-state index contributed by atoms with van der Waals surface area (Å²) in [5, 5.41) is 8.70. The van der Waals surface area contributed by atoms with Crippen LogP contribution in [0.25, 0.3) is 0 Å². The molecule has 1 aliphatic heterocycles. The van der Waals surface area contributed by atoms with Crippen molar-refractivity contribution in [2.24, 2.45) is 5.73 Å². The predicted molar refractivity (Wildman–Crippen MR) is 52.1 cm³/mol. The van der Waals surface area contributed by atoms with Gasteiger partial charge < -0.3 is 15.7 Å². The Kier molecular flexibility index (Phi) is 5.46. The minimum Gasteiger partial charge on any atom is -0.389 e. The molecule has 3 N–H and O–H groups in total. The van der Waals surface area contributed by atoms with Gasteiger partial charge in [0.2, 0.25) is 0 Å². The summed E-state index contributed by atoms with van der Waals surface area (Å²) in [6, 6.07) is 0. The van der Waals surface area contributed by atoms with Crippen LogP contribution >= 0.6 is 0 Å². The van der Waals surface area contributed by atoms with Gasteiger partial charge in [-0.3, -0.25) is 0 Å². The number of likely N-dealkylation sites (tertiary alicyclic amines) is 1. The van der Waals surface area contributed by atoms with Crippen LogP contribution in [0.2, 0.25) is 0 Å². The van der Waals surface area contributed by atoms with Crippen LogP contribution in [-0.4, -0.2) is 42.3 Å². The minimum atomic E-state index is -0.681. The fourth-order valence-electron chi connectivity index (χ4n) is 0.875. The van der Waals surface area contributed by atoms with Gasteiger partial charge in [0.15, 0.2) is 0 Å². The Morgan fingerprint density at radius 3 is 1.75 bits per heavy atom. The molecule has 1 fully saturated rings. The summed E-state index contributed by atoms with van der Waals surface area (Å²) >= 11 is 0. The lowest BCUT2D eigenvalue weighted by atomic mass is 10.1. The first kappa shape index (κ1) is 11.9. The zero-order chi connectivity index (χ0) is 9.61. The van der Waals surface area contributed by atoms with E-state index >= 15 is 0 Å². The van der Waals surface area contributed by atoms with Gasteiger partial charge in [-0.25, -0.2) is 0 Å². The fourth-order valence-corrected chi connectivity index (χ4v) is 0.875. The Labute approximate surface area is 75.6 Å². The highest BCUT2D eigenvalue weighted by atomic mass is 16.3. The van der Waals surface area contributed by atoms with E-state index in [4.69, 9.17) is 10.8 Å². The van der Waals surface area contributed by atoms with Gasteiger partial charge in [0, 0.05) is 6.54 Å². The van der Waals surface area contributed by atoms with Gasteiger partial charge in [0.05, 0.1) is 5.60 Å². The normalized spacial score (nSPS) is 18.8. The monoisotopic (exact) mass is 174 g/mol. The molecule has 0 aliphatic carbocycles. The summed E-state index contributed by atoms with van der Waals surface area (Å²) in [6.45, 7) is 6.31. The van der Waals surface area contributed by atoms with Gasteiger partial charge >= 0.3 is 0 Å². The number of nitrogens with zero attached hydrogens (tertiary/aromatic N) is 1. The zero-order valence-electron chi connectivity index (χ0n) is 8.51. The van der Waals surface area contributed by atoms with Gasteiger partial charge in [0.1, 0.15) is 0 Å². The number of nitrogens with two attached hydrogens (primary N) is 1. The highest BCUT2D eigenvalue weighted by Crippen LogP contribution is 2.02. The van der Waals surface area contributed by atoms with E-state index in [9.17, 15) is 0 Å². The third-order valence-electron chi connectivity index (χ3n) is 1.83. The van der Waals surface area contributed by atoms with Gasteiger partial charge in [-0.2, -0.15) is 0 Å². The summed E-state index contributed by atoms with van der Waals surface area (Å²) in [6.07, 6.45) is 2.83. The second-order valence-electron chi connectivity index (χ2n) is 4.03. The average molecular weight is 174 g/mol. The number of hydrogen-bond donors (Lipinski definition) is 2. The molecule has 0 aromatic rings. The Morgan fingerprint density at radius 2 is 1.67 bits per heavy atom. The van der Waals surface area contributed by atoms with E-state index in [1.807, 2.05) is 0 Å². The van der Waals surface area contributed by atoms with Gasteiger partial charge in [0.25, 0.3) is 0 Å².